The fraction of sp³-hybridized carbons (Fsp3) is 0.115. The maximum atomic E-state index is 12.1. The van der Waals surface area contributed by atoms with Crippen LogP contribution < -0.4 is 10.4 Å². The number of ketones is 1. The summed E-state index contributed by atoms with van der Waals surface area (Å²) >= 11 is 0. The van der Waals surface area contributed by atoms with E-state index >= 15 is 0 Å². The molecule has 0 heterocycles. The van der Waals surface area contributed by atoms with Crippen molar-refractivity contribution in [2.45, 2.75) is 41.2 Å². The predicted octanol–water partition coefficient (Wildman–Crippen LogP) is 14.1. The number of anilines is 4. The molecule has 0 radical (unpaired) electrons. The molecule has 0 saturated carbocycles. The van der Waals surface area contributed by atoms with Gasteiger partial charge in [-0.25, -0.2) is 5.48 Å². The topological polar surface area (TPSA) is 108 Å². The third kappa shape index (κ3) is 10.5. The van der Waals surface area contributed by atoms with E-state index in [0.29, 0.717) is 16.9 Å². The largest absolute Gasteiger partial charge is 0.506 e. The molecule has 0 fully saturated rings. The lowest BCUT2D eigenvalue weighted by atomic mass is 10.1. The highest BCUT2D eigenvalue weighted by Crippen LogP contribution is 2.38. The zero-order valence-corrected chi connectivity index (χ0v) is 34.8. The van der Waals surface area contributed by atoms with E-state index in [9.17, 15) is 9.90 Å². The van der Waals surface area contributed by atoms with Crippen molar-refractivity contribution in [3.63, 3.8) is 0 Å². The van der Waals surface area contributed by atoms with Crippen LogP contribution in [-0.4, -0.2) is 17.3 Å². The number of allylic oxidation sites excluding steroid dienone is 2. The molecule has 0 unspecified atom stereocenters. The molecule has 0 aromatic heterocycles. The highest BCUT2D eigenvalue weighted by atomic mass is 16.7. The number of oxime groups is 1. The maximum absolute atomic E-state index is 12.1. The number of phenolic OH excluding ortho intramolecular Hbond substituents is 1. The van der Waals surface area contributed by atoms with E-state index in [-0.39, 0.29) is 18.1 Å². The Kier molecular flexibility index (Phi) is 13.1. The van der Waals surface area contributed by atoms with Crippen LogP contribution in [0.1, 0.15) is 56.2 Å². The molecule has 0 aliphatic rings. The van der Waals surface area contributed by atoms with Gasteiger partial charge in [-0.2, -0.15) is 5.11 Å². The molecule has 0 bridgehead atoms. The van der Waals surface area contributed by atoms with E-state index in [0.717, 1.165) is 50.2 Å². The molecule has 0 amide bonds. The summed E-state index contributed by atoms with van der Waals surface area (Å²) in [7, 11) is 0. The van der Waals surface area contributed by atoms with E-state index in [1.165, 1.54) is 34.7 Å². The highest BCUT2D eigenvalue weighted by Gasteiger charge is 2.14. The van der Waals surface area contributed by atoms with E-state index in [4.69, 9.17) is 9.68 Å². The van der Waals surface area contributed by atoms with Gasteiger partial charge < -0.3 is 19.7 Å². The summed E-state index contributed by atoms with van der Waals surface area (Å²) in [5.74, 6) is -0.0736. The first kappa shape index (κ1) is 41.4. The molecule has 7 aromatic carbocycles. The molecule has 7 aromatic rings. The average Bonchev–Trinajstić information content (AvgIpc) is 3.27. The van der Waals surface area contributed by atoms with Gasteiger partial charge in [0, 0.05) is 28.0 Å². The van der Waals surface area contributed by atoms with Crippen molar-refractivity contribution in [3.05, 3.63) is 196 Å². The van der Waals surface area contributed by atoms with Gasteiger partial charge in [0.1, 0.15) is 18.0 Å². The number of aryl methyl sites for hydroxylation is 4. The molecule has 0 aliphatic heterocycles. The van der Waals surface area contributed by atoms with Crippen LogP contribution in [0.2, 0.25) is 0 Å². The molecule has 0 saturated heterocycles. The van der Waals surface area contributed by atoms with Gasteiger partial charge in [0.2, 0.25) is 6.40 Å². The molecule has 61 heavy (non-hydrogen) atoms. The lowest BCUT2D eigenvalue weighted by Gasteiger charge is -2.27. The minimum atomic E-state index is -0.0805. The normalized spacial score (nSPS) is 11.6. The number of fused-ring (bicyclic) bond motifs is 1. The van der Waals surface area contributed by atoms with Gasteiger partial charge >= 0.3 is 0 Å². The van der Waals surface area contributed by atoms with Gasteiger partial charge in [0.25, 0.3) is 0 Å². The van der Waals surface area contributed by atoms with Gasteiger partial charge in [-0.15, -0.1) is 5.11 Å². The second kappa shape index (κ2) is 19.3. The first-order chi connectivity index (χ1) is 29.6. The van der Waals surface area contributed by atoms with Crippen molar-refractivity contribution in [3.8, 4) is 5.75 Å². The fourth-order valence-electron chi connectivity index (χ4n) is 6.62. The van der Waals surface area contributed by atoms with Crippen LogP contribution in [0.5, 0.6) is 5.75 Å². The summed E-state index contributed by atoms with van der Waals surface area (Å²) in [5, 5.41) is 24.6. The number of hydrogen-bond acceptors (Lipinski definition) is 9. The Hall–Kier alpha value is -7.78. The number of carbonyl (C=O) groups excluding carboxylic acids is 1. The van der Waals surface area contributed by atoms with Gasteiger partial charge in [-0.05, 0) is 170 Å². The van der Waals surface area contributed by atoms with Gasteiger partial charge in [0.15, 0.2) is 5.78 Å². The van der Waals surface area contributed by atoms with Gasteiger partial charge in [0.05, 0.1) is 11.4 Å². The van der Waals surface area contributed by atoms with Crippen LogP contribution >= 0.6 is 0 Å². The number of benzene rings is 7. The Morgan fingerprint density at radius 1 is 0.672 bits per heavy atom. The Labute approximate surface area is 356 Å². The second-order valence-electron chi connectivity index (χ2n) is 14.7. The first-order valence-electron chi connectivity index (χ1n) is 20.0. The van der Waals surface area contributed by atoms with Crippen LogP contribution in [-0.2, 0) is 16.3 Å². The molecule has 9 nitrogen and oxygen atoms in total. The van der Waals surface area contributed by atoms with Crippen LogP contribution in [0.4, 0.5) is 34.1 Å². The number of nitrogens with zero attached hydrogens (tertiary/aromatic N) is 4. The molecule has 304 valence electrons. The Morgan fingerprint density at radius 2 is 1.30 bits per heavy atom. The number of rotatable bonds is 15. The second-order valence-corrected chi connectivity index (χ2v) is 14.7. The Bertz CT molecular complexity index is 2720. The molecule has 9 heteroatoms. The van der Waals surface area contributed by atoms with Crippen LogP contribution in [0, 0.1) is 27.7 Å². The third-order valence-corrected chi connectivity index (χ3v) is 10.4. The zero-order valence-electron chi connectivity index (χ0n) is 34.8. The zero-order chi connectivity index (χ0) is 42.7. The lowest BCUT2D eigenvalue weighted by molar-refractivity contribution is 0.104. The minimum Gasteiger partial charge on any atom is -0.506 e. The highest BCUT2D eigenvalue weighted by molar-refractivity contribution is 6.04. The quantitative estimate of drug-likeness (QED) is 0.0203. The summed E-state index contributed by atoms with van der Waals surface area (Å²) in [4.78, 5) is 25.2. The number of phenols is 1. The summed E-state index contributed by atoms with van der Waals surface area (Å²) in [6, 6.07) is 45.6. The summed E-state index contributed by atoms with van der Waals surface area (Å²) in [5.41, 5.74) is 16.5. The molecular weight excluding hydrogens is 759 g/mol. The standard InChI is InChI=1S/C52H47N5O4/c1-6-7-50(58)42-17-22-44(23-18-42)54-55-52-49-28-16-41(32-43(49)19-29-51(52)59)33-60-53-34-61-56-45-20-12-39(13-21-45)10-11-40-14-26-46(27-15-40)57(47-24-8-35(2)37(4)30-47)48-25-9-36(3)38(5)31-48/h6-32,34,56,59H,33H2,1-5H3. The average molecular weight is 806 g/mol. The molecule has 0 atom stereocenters. The number of aromatic hydroxyl groups is 1. The fourth-order valence-corrected chi connectivity index (χ4v) is 6.62. The van der Waals surface area contributed by atoms with Crippen molar-refractivity contribution >= 4 is 69.2 Å². The van der Waals surface area contributed by atoms with E-state index in [1.807, 2.05) is 42.5 Å². The number of nitrogens with one attached hydrogen (secondary N) is 1. The predicted molar refractivity (Wildman–Crippen MR) is 249 cm³/mol. The van der Waals surface area contributed by atoms with Crippen molar-refractivity contribution in [1.82, 2.24) is 0 Å². The van der Waals surface area contributed by atoms with Crippen molar-refractivity contribution in [2.24, 2.45) is 15.4 Å². The smallest absolute Gasteiger partial charge is 0.245 e. The summed E-state index contributed by atoms with van der Waals surface area (Å²) in [6.07, 6.45) is 8.59. The van der Waals surface area contributed by atoms with Gasteiger partial charge in [-0.1, -0.05) is 78.0 Å². The van der Waals surface area contributed by atoms with Crippen molar-refractivity contribution < 1.29 is 19.6 Å². The molecule has 0 spiro atoms. The molecule has 0 aliphatic carbocycles. The monoisotopic (exact) mass is 805 g/mol. The van der Waals surface area contributed by atoms with E-state index in [2.05, 4.69) is 126 Å². The summed E-state index contributed by atoms with van der Waals surface area (Å²) in [6.45, 7) is 10.6. The number of hydrogen-bond donors (Lipinski definition) is 2. The number of azo groups is 1. The maximum Gasteiger partial charge on any atom is 0.245 e. The third-order valence-electron chi connectivity index (χ3n) is 10.4. The van der Waals surface area contributed by atoms with Crippen LogP contribution in [0.15, 0.2) is 167 Å². The van der Waals surface area contributed by atoms with Gasteiger partial charge in [-0.3, -0.25) is 4.79 Å². The number of carbonyl (C=O) groups is 1. The van der Waals surface area contributed by atoms with Crippen molar-refractivity contribution in [2.75, 3.05) is 10.4 Å². The minimum absolute atomic E-state index is 0.00690. The van der Waals surface area contributed by atoms with Crippen LogP contribution in [0.3, 0.4) is 0 Å². The Morgan fingerprint density at radius 3 is 1.92 bits per heavy atom. The van der Waals surface area contributed by atoms with Crippen molar-refractivity contribution in [1.29, 1.82) is 0 Å². The SMILES string of the molecule is CC=CC(=O)c1ccc(N=Nc2c(O)ccc3cc(CON=CONc4ccc(C=Cc5ccc(N(c6ccc(C)c(C)c6)c6ccc(C)c(C)c6)cc5)cc4)ccc23)cc1. The molecular formula is C52H47N5O4. The summed E-state index contributed by atoms with van der Waals surface area (Å²) < 4.78 is 0. The first-order valence-corrected chi connectivity index (χ1v) is 20.0. The van der Waals surface area contributed by atoms with Crippen LogP contribution in [0.25, 0.3) is 22.9 Å². The molecule has 7 rings (SSSR count). The lowest BCUT2D eigenvalue weighted by Crippen LogP contribution is -2.10. The van der Waals surface area contributed by atoms with E-state index in [1.54, 1.807) is 49.4 Å². The molecule has 2 N–H and O–H groups in total. The van der Waals surface area contributed by atoms with E-state index < -0.39 is 0 Å². The Balaban J connectivity index is 0.902.